The molecule has 0 amide bonds. The van der Waals surface area contributed by atoms with Gasteiger partial charge < -0.3 is 10.1 Å². The lowest BCUT2D eigenvalue weighted by atomic mass is 10.1. The topological polar surface area (TPSA) is 38.3 Å². The molecule has 0 aromatic rings. The van der Waals surface area contributed by atoms with Crippen LogP contribution in [0.4, 0.5) is 0 Å². The van der Waals surface area contributed by atoms with Crippen LogP contribution in [0.2, 0.25) is 0 Å². The van der Waals surface area contributed by atoms with Gasteiger partial charge in [-0.05, 0) is 53.0 Å². The third-order valence-electron chi connectivity index (χ3n) is 2.95. The maximum absolute atomic E-state index is 11.7. The first-order valence-corrected chi connectivity index (χ1v) is 6.35. The number of esters is 1. The van der Waals surface area contributed by atoms with Crippen LogP contribution in [0.1, 0.15) is 53.4 Å². The molecule has 3 heteroatoms. The average Bonchev–Trinajstić information content (AvgIpc) is 2.63. The van der Waals surface area contributed by atoms with Crippen molar-refractivity contribution in [2.24, 2.45) is 5.92 Å². The van der Waals surface area contributed by atoms with Gasteiger partial charge in [-0.15, -0.1) is 0 Å². The number of hydrogen-bond acceptors (Lipinski definition) is 3. The molecular weight excluding hydrogens is 202 g/mol. The number of carbonyl (C=O) groups is 1. The molecule has 0 spiro atoms. The van der Waals surface area contributed by atoms with Crippen LogP contribution in [-0.2, 0) is 9.53 Å². The van der Waals surface area contributed by atoms with Gasteiger partial charge in [0.1, 0.15) is 11.6 Å². The van der Waals surface area contributed by atoms with E-state index in [2.05, 4.69) is 5.32 Å². The quantitative estimate of drug-likeness (QED) is 0.750. The molecule has 0 aromatic heterocycles. The summed E-state index contributed by atoms with van der Waals surface area (Å²) in [5.41, 5.74) is -0.389. The molecule has 1 rings (SSSR count). The van der Waals surface area contributed by atoms with Gasteiger partial charge in [-0.3, -0.25) is 4.79 Å². The van der Waals surface area contributed by atoms with Crippen molar-refractivity contribution in [3.05, 3.63) is 0 Å². The Bertz CT molecular complexity index is 227. The van der Waals surface area contributed by atoms with Gasteiger partial charge in [-0.1, -0.05) is 12.8 Å². The Morgan fingerprint density at radius 3 is 2.44 bits per heavy atom. The fourth-order valence-corrected chi connectivity index (χ4v) is 2.03. The van der Waals surface area contributed by atoms with Gasteiger partial charge in [0, 0.05) is 0 Å². The number of nitrogens with one attached hydrogen (secondary N) is 1. The van der Waals surface area contributed by atoms with Gasteiger partial charge in [0.25, 0.3) is 0 Å². The van der Waals surface area contributed by atoms with E-state index in [1.165, 1.54) is 25.7 Å². The van der Waals surface area contributed by atoms with Crippen molar-refractivity contribution in [1.82, 2.24) is 5.32 Å². The van der Waals surface area contributed by atoms with E-state index in [4.69, 9.17) is 4.74 Å². The minimum atomic E-state index is -0.389. The van der Waals surface area contributed by atoms with Gasteiger partial charge in [-0.25, -0.2) is 0 Å². The molecule has 1 saturated carbocycles. The molecule has 0 heterocycles. The molecule has 94 valence electrons. The van der Waals surface area contributed by atoms with E-state index >= 15 is 0 Å². The normalized spacial score (nSPS) is 19.8. The molecule has 0 saturated heterocycles. The summed E-state index contributed by atoms with van der Waals surface area (Å²) in [6.45, 7) is 8.52. The Hall–Kier alpha value is -0.570. The highest BCUT2D eigenvalue weighted by molar-refractivity contribution is 5.75. The number of rotatable bonds is 4. The van der Waals surface area contributed by atoms with E-state index < -0.39 is 0 Å². The maximum Gasteiger partial charge on any atom is 0.323 e. The van der Waals surface area contributed by atoms with Crippen LogP contribution in [0.5, 0.6) is 0 Å². The van der Waals surface area contributed by atoms with Crippen LogP contribution in [0, 0.1) is 5.92 Å². The van der Waals surface area contributed by atoms with E-state index in [1.807, 2.05) is 27.7 Å². The monoisotopic (exact) mass is 227 g/mol. The molecule has 3 nitrogen and oxygen atoms in total. The van der Waals surface area contributed by atoms with Crippen LogP contribution in [0.15, 0.2) is 0 Å². The van der Waals surface area contributed by atoms with Gasteiger partial charge >= 0.3 is 5.97 Å². The summed E-state index contributed by atoms with van der Waals surface area (Å²) in [5.74, 6) is 0.607. The van der Waals surface area contributed by atoms with E-state index in [0.717, 1.165) is 12.5 Å². The summed E-state index contributed by atoms with van der Waals surface area (Å²) in [6, 6.07) is -0.195. The molecule has 1 N–H and O–H groups in total. The number of hydrogen-bond donors (Lipinski definition) is 1. The summed E-state index contributed by atoms with van der Waals surface area (Å²) in [5, 5.41) is 3.27. The molecule has 1 aliphatic carbocycles. The Morgan fingerprint density at radius 1 is 1.38 bits per heavy atom. The first kappa shape index (κ1) is 13.5. The third-order valence-corrected chi connectivity index (χ3v) is 2.95. The second-order valence-electron chi connectivity index (χ2n) is 5.81. The molecule has 0 aromatic carbocycles. The van der Waals surface area contributed by atoms with Crippen molar-refractivity contribution in [3.8, 4) is 0 Å². The van der Waals surface area contributed by atoms with Gasteiger partial charge in [-0.2, -0.15) is 0 Å². The van der Waals surface area contributed by atoms with Crippen molar-refractivity contribution in [2.75, 3.05) is 6.54 Å². The lowest BCUT2D eigenvalue weighted by Crippen LogP contribution is -2.40. The predicted molar refractivity (Wildman–Crippen MR) is 65.3 cm³/mol. The fourth-order valence-electron chi connectivity index (χ4n) is 2.03. The first-order chi connectivity index (χ1) is 7.38. The highest BCUT2D eigenvalue weighted by Crippen LogP contribution is 2.23. The zero-order valence-corrected chi connectivity index (χ0v) is 11.0. The zero-order chi connectivity index (χ0) is 12.2. The van der Waals surface area contributed by atoms with Crippen molar-refractivity contribution in [3.63, 3.8) is 0 Å². The standard InChI is InChI=1S/C13H25NO2/c1-10(12(15)16-13(2,3)4)14-9-11-7-5-6-8-11/h10-11,14H,5-9H2,1-4H3/t10-/m1/s1. The Morgan fingerprint density at radius 2 is 1.94 bits per heavy atom. The predicted octanol–water partition coefficient (Wildman–Crippen LogP) is 2.50. The van der Waals surface area contributed by atoms with Gasteiger partial charge in [0.2, 0.25) is 0 Å². The largest absolute Gasteiger partial charge is 0.459 e. The van der Waals surface area contributed by atoms with E-state index in [9.17, 15) is 4.79 Å². The molecule has 16 heavy (non-hydrogen) atoms. The highest BCUT2D eigenvalue weighted by Gasteiger charge is 2.22. The first-order valence-electron chi connectivity index (χ1n) is 6.35. The van der Waals surface area contributed by atoms with E-state index in [0.29, 0.717) is 0 Å². The number of carbonyl (C=O) groups excluding carboxylic acids is 1. The highest BCUT2D eigenvalue weighted by atomic mass is 16.6. The Balaban J connectivity index is 2.23. The zero-order valence-electron chi connectivity index (χ0n) is 11.0. The van der Waals surface area contributed by atoms with Crippen molar-refractivity contribution in [1.29, 1.82) is 0 Å². The molecular formula is C13H25NO2. The summed E-state index contributed by atoms with van der Waals surface area (Å²) < 4.78 is 5.31. The Labute approximate surface area is 98.9 Å². The molecule has 0 radical (unpaired) electrons. The summed E-state index contributed by atoms with van der Waals surface area (Å²) in [6.07, 6.45) is 5.28. The van der Waals surface area contributed by atoms with Crippen molar-refractivity contribution in [2.45, 2.75) is 65.0 Å². The summed E-state index contributed by atoms with van der Waals surface area (Å²) in [7, 11) is 0. The van der Waals surface area contributed by atoms with Crippen LogP contribution in [-0.4, -0.2) is 24.2 Å². The van der Waals surface area contributed by atoms with Crippen molar-refractivity contribution < 1.29 is 9.53 Å². The molecule has 0 aliphatic heterocycles. The SMILES string of the molecule is C[C@@H](NCC1CCCC1)C(=O)OC(C)(C)C. The van der Waals surface area contributed by atoms with Crippen LogP contribution >= 0.6 is 0 Å². The second-order valence-corrected chi connectivity index (χ2v) is 5.81. The van der Waals surface area contributed by atoms with Crippen LogP contribution < -0.4 is 5.32 Å². The third kappa shape index (κ3) is 4.97. The Kier molecular flexibility index (Phi) is 4.78. The van der Waals surface area contributed by atoms with Crippen molar-refractivity contribution >= 4 is 5.97 Å². The van der Waals surface area contributed by atoms with E-state index in [-0.39, 0.29) is 17.6 Å². The molecule has 0 bridgehead atoms. The molecule has 0 unspecified atom stereocenters. The van der Waals surface area contributed by atoms with Gasteiger partial charge in [0.15, 0.2) is 0 Å². The molecule has 1 aliphatic rings. The lowest BCUT2D eigenvalue weighted by molar-refractivity contribution is -0.157. The minimum absolute atomic E-state index is 0.148. The molecule has 1 atom stereocenters. The van der Waals surface area contributed by atoms with Gasteiger partial charge in [0.05, 0.1) is 0 Å². The fraction of sp³-hybridized carbons (Fsp3) is 0.923. The second kappa shape index (κ2) is 5.67. The summed E-state index contributed by atoms with van der Waals surface area (Å²) in [4.78, 5) is 11.7. The number of ether oxygens (including phenoxy) is 1. The smallest absolute Gasteiger partial charge is 0.323 e. The minimum Gasteiger partial charge on any atom is -0.459 e. The van der Waals surface area contributed by atoms with Crippen LogP contribution in [0.25, 0.3) is 0 Å². The lowest BCUT2D eigenvalue weighted by Gasteiger charge is -2.23. The average molecular weight is 227 g/mol. The maximum atomic E-state index is 11.7. The van der Waals surface area contributed by atoms with Crippen LogP contribution in [0.3, 0.4) is 0 Å². The molecule has 1 fully saturated rings. The summed E-state index contributed by atoms with van der Waals surface area (Å²) >= 11 is 0. The van der Waals surface area contributed by atoms with E-state index in [1.54, 1.807) is 0 Å².